The molecule has 9 heteroatoms. The van der Waals surface area contributed by atoms with Gasteiger partial charge < -0.3 is 10.6 Å². The summed E-state index contributed by atoms with van der Waals surface area (Å²) in [5.74, 6) is -1.80. The van der Waals surface area contributed by atoms with Gasteiger partial charge in [-0.05, 0) is 36.8 Å². The van der Waals surface area contributed by atoms with Gasteiger partial charge in [-0.25, -0.2) is 9.37 Å². The zero-order chi connectivity index (χ0) is 23.3. The summed E-state index contributed by atoms with van der Waals surface area (Å²) in [6, 6.07) is 10.9. The Hall–Kier alpha value is -3.59. The Balaban J connectivity index is 1.61. The molecule has 0 atom stereocenters. The quantitative estimate of drug-likeness (QED) is 0.485. The molecule has 0 fully saturated rings. The van der Waals surface area contributed by atoms with Crippen LogP contribution in [0.2, 0.25) is 0 Å². The molecule has 0 aliphatic carbocycles. The first kappa shape index (κ1) is 23.1. The van der Waals surface area contributed by atoms with E-state index in [1.54, 1.807) is 37.4 Å². The van der Waals surface area contributed by atoms with Crippen LogP contribution >= 0.6 is 11.3 Å². The van der Waals surface area contributed by atoms with Crippen LogP contribution < -0.4 is 16.0 Å². The Kier molecular flexibility index (Phi) is 7.32. The number of nitrogens with one attached hydrogen (secondary N) is 3. The normalized spacial score (nSPS) is 10.7. The first-order chi connectivity index (χ1) is 15.2. The first-order valence-corrected chi connectivity index (χ1v) is 10.8. The second-order valence-electron chi connectivity index (χ2n) is 7.48. The Morgan fingerprint density at radius 2 is 1.81 bits per heavy atom. The van der Waals surface area contributed by atoms with Gasteiger partial charge in [0.15, 0.2) is 5.13 Å². The zero-order valence-corrected chi connectivity index (χ0v) is 18.7. The molecule has 0 aliphatic rings. The van der Waals surface area contributed by atoms with Crippen LogP contribution in [0.4, 0.5) is 20.9 Å². The summed E-state index contributed by atoms with van der Waals surface area (Å²) >= 11 is 1.15. The predicted octanol–water partition coefficient (Wildman–Crippen LogP) is 4.62. The lowest BCUT2D eigenvalue weighted by molar-refractivity contribution is -0.119. The fourth-order valence-electron chi connectivity index (χ4n) is 2.74. The number of amides is 3. The summed E-state index contributed by atoms with van der Waals surface area (Å²) in [5, 5.41) is 10.1. The van der Waals surface area contributed by atoms with Crippen LogP contribution in [0.25, 0.3) is 0 Å². The SMILES string of the molecule is Cc1ccc(NC(=O)C(C)C)cc1NC(=O)Cc1csc(NC(=O)c2ccccc2F)n1. The van der Waals surface area contributed by atoms with Crippen molar-refractivity contribution in [3.63, 3.8) is 0 Å². The monoisotopic (exact) mass is 454 g/mol. The van der Waals surface area contributed by atoms with E-state index in [-0.39, 0.29) is 34.8 Å². The number of nitrogens with zero attached hydrogens (tertiary/aromatic N) is 1. The van der Waals surface area contributed by atoms with E-state index in [1.165, 1.54) is 18.2 Å². The van der Waals surface area contributed by atoms with E-state index in [2.05, 4.69) is 20.9 Å². The smallest absolute Gasteiger partial charge is 0.260 e. The van der Waals surface area contributed by atoms with Gasteiger partial charge in [0.25, 0.3) is 5.91 Å². The van der Waals surface area contributed by atoms with Crippen molar-refractivity contribution in [1.82, 2.24) is 4.98 Å². The standard InChI is InChI=1S/C23H23FN4O3S/c1-13(2)21(30)25-15-9-8-14(3)19(10-15)27-20(29)11-16-12-32-23(26-16)28-22(31)17-6-4-5-7-18(17)24/h4-10,12-13H,11H2,1-3H3,(H,25,30)(H,27,29)(H,26,28,31). The van der Waals surface area contributed by atoms with Crippen LogP contribution in [-0.4, -0.2) is 22.7 Å². The molecular formula is C23H23FN4O3S. The van der Waals surface area contributed by atoms with Crippen molar-refractivity contribution < 1.29 is 18.8 Å². The highest BCUT2D eigenvalue weighted by Crippen LogP contribution is 2.22. The van der Waals surface area contributed by atoms with Crippen LogP contribution in [-0.2, 0) is 16.0 Å². The second-order valence-corrected chi connectivity index (χ2v) is 8.33. The molecule has 0 aliphatic heterocycles. The van der Waals surface area contributed by atoms with Crippen molar-refractivity contribution in [2.24, 2.45) is 5.92 Å². The molecule has 2 aromatic carbocycles. The van der Waals surface area contributed by atoms with E-state index < -0.39 is 11.7 Å². The molecule has 0 saturated carbocycles. The van der Waals surface area contributed by atoms with Crippen LogP contribution in [0.3, 0.4) is 0 Å². The molecule has 3 N–H and O–H groups in total. The molecule has 1 aromatic heterocycles. The Morgan fingerprint density at radius 3 is 2.53 bits per heavy atom. The lowest BCUT2D eigenvalue weighted by atomic mass is 10.1. The third kappa shape index (κ3) is 5.98. The van der Waals surface area contributed by atoms with E-state index in [4.69, 9.17) is 0 Å². The van der Waals surface area contributed by atoms with Crippen LogP contribution in [0, 0.1) is 18.7 Å². The summed E-state index contributed by atoms with van der Waals surface area (Å²) < 4.78 is 13.7. The number of anilines is 3. The molecule has 7 nitrogen and oxygen atoms in total. The molecule has 166 valence electrons. The number of rotatable bonds is 7. The summed E-state index contributed by atoms with van der Waals surface area (Å²) in [5.41, 5.74) is 2.41. The van der Waals surface area contributed by atoms with Gasteiger partial charge in [-0.1, -0.05) is 32.0 Å². The number of thiazole rings is 1. The van der Waals surface area contributed by atoms with Crippen molar-refractivity contribution in [2.45, 2.75) is 27.2 Å². The highest BCUT2D eigenvalue weighted by molar-refractivity contribution is 7.14. The highest BCUT2D eigenvalue weighted by atomic mass is 32.1. The van der Waals surface area contributed by atoms with E-state index in [0.717, 1.165) is 16.9 Å². The number of hydrogen-bond donors (Lipinski definition) is 3. The third-order valence-corrected chi connectivity index (χ3v) is 5.34. The lowest BCUT2D eigenvalue weighted by Gasteiger charge is -2.12. The first-order valence-electron chi connectivity index (χ1n) is 9.94. The molecule has 1 heterocycles. The predicted molar refractivity (Wildman–Crippen MR) is 123 cm³/mol. The maximum absolute atomic E-state index is 13.7. The molecule has 0 radical (unpaired) electrons. The van der Waals surface area contributed by atoms with Crippen LogP contribution in [0.5, 0.6) is 0 Å². The molecular weight excluding hydrogens is 431 g/mol. The second kappa shape index (κ2) is 10.1. The molecule has 0 saturated heterocycles. The third-order valence-electron chi connectivity index (χ3n) is 4.54. The fourth-order valence-corrected chi connectivity index (χ4v) is 3.44. The topological polar surface area (TPSA) is 100 Å². The van der Waals surface area contributed by atoms with E-state index in [0.29, 0.717) is 17.1 Å². The molecule has 3 rings (SSSR count). The largest absolute Gasteiger partial charge is 0.326 e. The molecule has 0 bridgehead atoms. The van der Waals surface area contributed by atoms with E-state index >= 15 is 0 Å². The molecule has 3 aromatic rings. The van der Waals surface area contributed by atoms with E-state index in [9.17, 15) is 18.8 Å². The van der Waals surface area contributed by atoms with Crippen molar-refractivity contribution in [3.8, 4) is 0 Å². The van der Waals surface area contributed by atoms with E-state index in [1.807, 2.05) is 13.0 Å². The maximum atomic E-state index is 13.7. The van der Waals surface area contributed by atoms with Gasteiger partial charge in [0.2, 0.25) is 11.8 Å². The summed E-state index contributed by atoms with van der Waals surface area (Å²) in [6.07, 6.45) is -0.00586. The Labute approximate surface area is 189 Å². The zero-order valence-electron chi connectivity index (χ0n) is 17.9. The number of halogens is 1. The fraction of sp³-hybridized carbons (Fsp3) is 0.217. The number of aromatic nitrogens is 1. The summed E-state index contributed by atoms with van der Waals surface area (Å²) in [4.78, 5) is 40.8. The van der Waals surface area contributed by atoms with Gasteiger partial charge in [-0.2, -0.15) is 0 Å². The number of aryl methyl sites for hydroxylation is 1. The van der Waals surface area contributed by atoms with Gasteiger partial charge in [-0.3, -0.25) is 19.7 Å². The molecule has 3 amide bonds. The van der Waals surface area contributed by atoms with Crippen LogP contribution in [0.1, 0.15) is 35.5 Å². The van der Waals surface area contributed by atoms with Gasteiger partial charge in [0.05, 0.1) is 17.7 Å². The van der Waals surface area contributed by atoms with Gasteiger partial charge in [0.1, 0.15) is 5.82 Å². The average Bonchev–Trinajstić information content (AvgIpc) is 3.17. The number of hydrogen-bond acceptors (Lipinski definition) is 5. The minimum absolute atomic E-state index is 0.00586. The van der Waals surface area contributed by atoms with Crippen LogP contribution in [0.15, 0.2) is 47.8 Å². The number of carbonyl (C=O) groups excluding carboxylic acids is 3. The maximum Gasteiger partial charge on any atom is 0.260 e. The van der Waals surface area contributed by atoms with Crippen molar-refractivity contribution >= 4 is 45.6 Å². The van der Waals surface area contributed by atoms with Gasteiger partial charge in [-0.15, -0.1) is 11.3 Å². The highest BCUT2D eigenvalue weighted by Gasteiger charge is 2.15. The summed E-state index contributed by atoms with van der Waals surface area (Å²) in [6.45, 7) is 5.45. The van der Waals surface area contributed by atoms with Crippen molar-refractivity contribution in [2.75, 3.05) is 16.0 Å². The number of carbonyl (C=O) groups is 3. The Morgan fingerprint density at radius 1 is 1.06 bits per heavy atom. The molecule has 0 unspecified atom stereocenters. The molecule has 0 spiro atoms. The van der Waals surface area contributed by atoms with Gasteiger partial charge in [0, 0.05) is 22.7 Å². The lowest BCUT2D eigenvalue weighted by Crippen LogP contribution is -2.19. The average molecular weight is 455 g/mol. The minimum atomic E-state index is -0.622. The molecule has 32 heavy (non-hydrogen) atoms. The van der Waals surface area contributed by atoms with Crippen molar-refractivity contribution in [3.05, 3.63) is 70.5 Å². The number of benzene rings is 2. The summed E-state index contributed by atoms with van der Waals surface area (Å²) in [7, 11) is 0. The van der Waals surface area contributed by atoms with Crippen molar-refractivity contribution in [1.29, 1.82) is 0 Å². The van der Waals surface area contributed by atoms with Gasteiger partial charge >= 0.3 is 0 Å². The Bertz CT molecular complexity index is 1160. The minimum Gasteiger partial charge on any atom is -0.326 e.